The zero-order chi connectivity index (χ0) is 20.0. The van der Waals surface area contributed by atoms with Gasteiger partial charge >= 0.3 is 0 Å². The van der Waals surface area contributed by atoms with Gasteiger partial charge in [0.1, 0.15) is 29.6 Å². The van der Waals surface area contributed by atoms with E-state index in [2.05, 4.69) is 15.4 Å². The van der Waals surface area contributed by atoms with Crippen LogP contribution in [0.3, 0.4) is 0 Å². The normalized spacial score (nSPS) is 20.7. The summed E-state index contributed by atoms with van der Waals surface area (Å²) in [6.45, 7) is 0. The number of carbonyl (C=O) groups excluding carboxylic acids is 1. The zero-order valence-electron chi connectivity index (χ0n) is 16.1. The Kier molecular flexibility index (Phi) is 4.12. The van der Waals surface area contributed by atoms with E-state index in [1.807, 2.05) is 30.3 Å². The fourth-order valence-electron chi connectivity index (χ4n) is 4.22. The predicted octanol–water partition coefficient (Wildman–Crippen LogP) is 3.30. The molecule has 2 aromatic heterocycles. The molecular weight excluding hydrogens is 372 g/mol. The summed E-state index contributed by atoms with van der Waals surface area (Å²) in [6.07, 6.45) is 4.15. The molecule has 0 saturated heterocycles. The zero-order valence-corrected chi connectivity index (χ0v) is 16.1. The number of nitrogens with one attached hydrogen (secondary N) is 1. The number of fused-ring (bicyclic) bond motifs is 1. The Balaban J connectivity index is 1.66. The Morgan fingerprint density at radius 1 is 1.21 bits per heavy atom. The van der Waals surface area contributed by atoms with Gasteiger partial charge < -0.3 is 19.2 Å². The van der Waals surface area contributed by atoms with Crippen LogP contribution in [0.15, 0.2) is 58.6 Å². The molecule has 29 heavy (non-hydrogen) atoms. The van der Waals surface area contributed by atoms with Crippen molar-refractivity contribution in [1.82, 2.24) is 14.8 Å². The summed E-state index contributed by atoms with van der Waals surface area (Å²) in [5, 5.41) is 7.68. The van der Waals surface area contributed by atoms with Crippen molar-refractivity contribution in [3.8, 4) is 11.5 Å². The standard InChI is InChI=1S/C21H20N4O4/c1-27-13-5-6-18(28-2)14(10-13)20-19-15(24-21-22-11-23-25(20)21)8-12(9-16(19)26)17-4-3-7-29-17/h3-7,10-12,20H,8-9H2,1-2H3,(H,22,23,24)/t12-,20-/m0/s1. The summed E-state index contributed by atoms with van der Waals surface area (Å²) in [6, 6.07) is 8.87. The van der Waals surface area contributed by atoms with Crippen molar-refractivity contribution in [1.29, 1.82) is 0 Å². The molecule has 1 aromatic carbocycles. The van der Waals surface area contributed by atoms with Gasteiger partial charge in [0, 0.05) is 29.2 Å². The van der Waals surface area contributed by atoms with Crippen LogP contribution in [0.1, 0.15) is 36.1 Å². The van der Waals surface area contributed by atoms with E-state index in [0.29, 0.717) is 35.9 Å². The molecule has 3 aromatic rings. The van der Waals surface area contributed by atoms with Crippen molar-refractivity contribution < 1.29 is 18.7 Å². The van der Waals surface area contributed by atoms with Crippen molar-refractivity contribution in [2.75, 3.05) is 19.5 Å². The average molecular weight is 392 g/mol. The molecule has 0 radical (unpaired) electrons. The van der Waals surface area contributed by atoms with E-state index < -0.39 is 6.04 Å². The van der Waals surface area contributed by atoms with Gasteiger partial charge in [0.25, 0.3) is 0 Å². The number of nitrogens with zero attached hydrogens (tertiary/aromatic N) is 3. The van der Waals surface area contributed by atoms with E-state index in [-0.39, 0.29) is 11.7 Å². The van der Waals surface area contributed by atoms with Crippen molar-refractivity contribution in [2.45, 2.75) is 24.8 Å². The molecule has 0 fully saturated rings. The minimum absolute atomic E-state index is 0.00826. The van der Waals surface area contributed by atoms with Crippen LogP contribution in [0.5, 0.6) is 11.5 Å². The second-order valence-corrected chi connectivity index (χ2v) is 7.10. The van der Waals surface area contributed by atoms with Crippen LogP contribution in [-0.2, 0) is 4.79 Å². The van der Waals surface area contributed by atoms with Crippen molar-refractivity contribution >= 4 is 11.7 Å². The van der Waals surface area contributed by atoms with Crippen LogP contribution in [0.2, 0.25) is 0 Å². The topological polar surface area (TPSA) is 91.4 Å². The lowest BCUT2D eigenvalue weighted by Gasteiger charge is -2.35. The largest absolute Gasteiger partial charge is 0.497 e. The molecule has 1 aliphatic carbocycles. The maximum Gasteiger partial charge on any atom is 0.226 e. The molecule has 2 aliphatic rings. The number of rotatable bonds is 4. The van der Waals surface area contributed by atoms with Crippen LogP contribution < -0.4 is 14.8 Å². The summed E-state index contributed by atoms with van der Waals surface area (Å²) < 4.78 is 18.3. The quantitative estimate of drug-likeness (QED) is 0.728. The third kappa shape index (κ3) is 2.79. The van der Waals surface area contributed by atoms with E-state index in [0.717, 1.165) is 17.0 Å². The van der Waals surface area contributed by atoms with E-state index in [4.69, 9.17) is 13.9 Å². The summed E-state index contributed by atoms with van der Waals surface area (Å²) >= 11 is 0. The molecule has 2 atom stereocenters. The molecule has 8 heteroatoms. The average Bonchev–Trinajstić information content (AvgIpc) is 3.43. The molecule has 0 unspecified atom stereocenters. The van der Waals surface area contributed by atoms with Crippen LogP contribution in [0.25, 0.3) is 0 Å². The van der Waals surface area contributed by atoms with Gasteiger partial charge in [-0.1, -0.05) is 0 Å². The lowest BCUT2D eigenvalue weighted by molar-refractivity contribution is -0.117. The molecule has 148 valence electrons. The number of carbonyl (C=O) groups is 1. The number of Topliss-reactive ketones (excluding diaryl/α,β-unsaturated/α-hetero) is 1. The predicted molar refractivity (Wildman–Crippen MR) is 104 cm³/mol. The van der Waals surface area contributed by atoms with Crippen molar-refractivity contribution in [3.05, 3.63) is 65.5 Å². The first-order valence-corrected chi connectivity index (χ1v) is 9.37. The van der Waals surface area contributed by atoms with Crippen molar-refractivity contribution in [2.24, 2.45) is 0 Å². The second-order valence-electron chi connectivity index (χ2n) is 7.10. The van der Waals surface area contributed by atoms with Crippen LogP contribution in [0.4, 0.5) is 5.95 Å². The highest BCUT2D eigenvalue weighted by Gasteiger charge is 2.41. The van der Waals surface area contributed by atoms with Gasteiger partial charge in [-0.05, 0) is 36.8 Å². The third-order valence-corrected chi connectivity index (χ3v) is 5.54. The number of furan rings is 1. The number of methoxy groups -OCH3 is 2. The Hall–Kier alpha value is -3.55. The molecule has 0 saturated carbocycles. The molecule has 0 spiro atoms. The second kappa shape index (κ2) is 6.80. The Bertz CT molecular complexity index is 1100. The molecule has 0 bridgehead atoms. The number of ketones is 1. The molecule has 1 aliphatic heterocycles. The highest BCUT2D eigenvalue weighted by molar-refractivity contribution is 6.00. The third-order valence-electron chi connectivity index (χ3n) is 5.54. The molecule has 5 rings (SSSR count). The van der Waals surface area contributed by atoms with Gasteiger partial charge in [-0.25, -0.2) is 4.68 Å². The van der Waals surface area contributed by atoms with Gasteiger partial charge in [-0.2, -0.15) is 10.1 Å². The number of anilines is 1. The van der Waals surface area contributed by atoms with E-state index in [1.54, 1.807) is 25.2 Å². The number of benzene rings is 1. The lowest BCUT2D eigenvalue weighted by Crippen LogP contribution is -2.33. The summed E-state index contributed by atoms with van der Waals surface area (Å²) in [5.74, 6) is 2.79. The van der Waals surface area contributed by atoms with E-state index in [1.165, 1.54) is 6.33 Å². The fourth-order valence-corrected chi connectivity index (χ4v) is 4.22. The number of allylic oxidation sites excluding steroid dienone is 2. The minimum Gasteiger partial charge on any atom is -0.497 e. The van der Waals surface area contributed by atoms with E-state index in [9.17, 15) is 4.79 Å². The van der Waals surface area contributed by atoms with Gasteiger partial charge in [0.2, 0.25) is 5.95 Å². The van der Waals surface area contributed by atoms with Crippen LogP contribution in [-0.4, -0.2) is 34.8 Å². The molecule has 8 nitrogen and oxygen atoms in total. The maximum atomic E-state index is 13.3. The highest BCUT2D eigenvalue weighted by atomic mass is 16.5. The minimum atomic E-state index is -0.446. The fraction of sp³-hybridized carbons (Fsp3) is 0.286. The number of ether oxygens (including phenoxy) is 2. The number of hydrogen-bond acceptors (Lipinski definition) is 7. The smallest absolute Gasteiger partial charge is 0.226 e. The van der Waals surface area contributed by atoms with Gasteiger partial charge in [-0.3, -0.25) is 4.79 Å². The SMILES string of the molecule is COc1ccc(OC)c([C@H]2C3=C(C[C@H](c4ccco4)CC3=O)Nc3ncnn32)c1. The summed E-state index contributed by atoms with van der Waals surface area (Å²) in [7, 11) is 3.22. The highest BCUT2D eigenvalue weighted by Crippen LogP contribution is 2.46. The molecular formula is C21H20N4O4. The van der Waals surface area contributed by atoms with Crippen molar-refractivity contribution in [3.63, 3.8) is 0 Å². The Labute approximate surface area is 167 Å². The monoisotopic (exact) mass is 392 g/mol. The van der Waals surface area contributed by atoms with E-state index >= 15 is 0 Å². The van der Waals surface area contributed by atoms with Crippen LogP contribution in [0, 0.1) is 0 Å². The van der Waals surface area contributed by atoms with Gasteiger partial charge in [0.05, 0.1) is 20.5 Å². The Morgan fingerprint density at radius 2 is 2.10 bits per heavy atom. The molecule has 0 amide bonds. The summed E-state index contributed by atoms with van der Waals surface area (Å²) in [5.41, 5.74) is 2.33. The lowest BCUT2D eigenvalue weighted by atomic mass is 9.79. The van der Waals surface area contributed by atoms with Gasteiger partial charge in [-0.15, -0.1) is 0 Å². The first-order chi connectivity index (χ1) is 14.2. The maximum absolute atomic E-state index is 13.3. The summed E-state index contributed by atoms with van der Waals surface area (Å²) in [4.78, 5) is 17.7. The molecule has 1 N–H and O–H groups in total. The van der Waals surface area contributed by atoms with Gasteiger partial charge in [0.15, 0.2) is 5.78 Å². The number of hydrogen-bond donors (Lipinski definition) is 1. The number of aromatic nitrogens is 3. The first-order valence-electron chi connectivity index (χ1n) is 9.37. The molecule has 3 heterocycles. The van der Waals surface area contributed by atoms with Crippen LogP contribution >= 0.6 is 0 Å². The Morgan fingerprint density at radius 3 is 2.86 bits per heavy atom. The first kappa shape index (κ1) is 17.5.